The molecule has 19 unspecified atom stereocenters. The third-order valence-corrected chi connectivity index (χ3v) is 8.98. The molecule has 4 aliphatic rings. The Morgan fingerprint density at radius 3 is 1.35 bits per heavy atom. The van der Waals surface area contributed by atoms with Crippen LogP contribution in [0.25, 0.3) is 0 Å². The summed E-state index contributed by atoms with van der Waals surface area (Å²) in [5.74, 6) is 0. The second kappa shape index (κ2) is 25.5. The van der Waals surface area contributed by atoms with Crippen molar-refractivity contribution < 1.29 is 107 Å². The van der Waals surface area contributed by atoms with Gasteiger partial charge in [0.05, 0.1) is 18.8 Å². The van der Waals surface area contributed by atoms with Crippen LogP contribution >= 0.6 is 0 Å². The molecule has 0 aromatic carbocycles. The van der Waals surface area contributed by atoms with Crippen molar-refractivity contribution in [2.24, 2.45) is 0 Å². The number of carbonyl (C=O) groups excluding carboxylic acids is 2. The molecule has 19 atom stereocenters. The molecule has 318 valence electrons. The van der Waals surface area contributed by atoms with Gasteiger partial charge in [0.2, 0.25) is 0 Å². The zero-order chi connectivity index (χ0) is 39.3. The van der Waals surface area contributed by atoms with E-state index in [2.05, 4.69) is 4.89 Å². The monoisotopic (exact) mass is 796 g/mol. The van der Waals surface area contributed by atoms with Crippen LogP contribution in [0.2, 0.25) is 0 Å². The van der Waals surface area contributed by atoms with Gasteiger partial charge in [-0.1, -0.05) is 0 Å². The first kappa shape index (κ1) is 52.3. The zero-order valence-corrected chi connectivity index (χ0v) is 32.1. The number of ether oxygens (including phenoxy) is 12. The molecule has 0 saturated carbocycles. The highest BCUT2D eigenvalue weighted by molar-refractivity contribution is 5.20. The molecule has 22 heteroatoms. The molecule has 4 heterocycles. The van der Waals surface area contributed by atoms with Gasteiger partial charge in [0.1, 0.15) is 86.0 Å². The van der Waals surface area contributed by atoms with Gasteiger partial charge in [0.25, 0.3) is 0 Å². The molecule has 0 amide bonds. The molecule has 4 aliphatic heterocycles. The van der Waals surface area contributed by atoms with Gasteiger partial charge >= 0.3 is 6.15 Å². The first-order valence-corrected chi connectivity index (χ1v) is 16.1. The number of hydrogen-bond acceptors (Lipinski definition) is 22. The third kappa shape index (κ3) is 12.7. The van der Waals surface area contributed by atoms with E-state index in [4.69, 9.17) is 71.7 Å². The lowest BCUT2D eigenvalue weighted by atomic mass is 9.97. The lowest BCUT2D eigenvalue weighted by Crippen LogP contribution is -2.64. The fraction of sp³-hybridized carbons (Fsp3) is 0.906. The minimum Gasteiger partial charge on any atom is -0.387 e. The van der Waals surface area contributed by atoms with Crippen molar-refractivity contribution in [3.63, 3.8) is 0 Å². The highest BCUT2D eigenvalue weighted by atomic mass is 17.1. The maximum absolute atomic E-state index is 10.3. The Morgan fingerprint density at radius 1 is 0.537 bits per heavy atom. The van der Waals surface area contributed by atoms with Crippen molar-refractivity contribution in [2.75, 3.05) is 55.9 Å². The van der Waals surface area contributed by atoms with Gasteiger partial charge in [-0.2, -0.15) is 9.59 Å². The van der Waals surface area contributed by atoms with Crippen molar-refractivity contribution >= 4 is 6.15 Å². The van der Waals surface area contributed by atoms with Crippen molar-refractivity contribution in [3.05, 3.63) is 14.9 Å². The fourth-order valence-electron chi connectivity index (χ4n) is 6.21. The molecule has 22 nitrogen and oxygen atoms in total. The van der Waals surface area contributed by atoms with Gasteiger partial charge < -0.3 is 87.5 Å². The summed E-state index contributed by atoms with van der Waals surface area (Å²) < 4.78 is 64.5. The van der Waals surface area contributed by atoms with Gasteiger partial charge in [-0.25, -0.2) is 4.89 Å². The van der Waals surface area contributed by atoms with Crippen LogP contribution in [0.4, 0.5) is 0 Å². The largest absolute Gasteiger partial charge is 0.387 e. The van der Waals surface area contributed by atoms with E-state index in [9.17, 15) is 30.6 Å². The van der Waals surface area contributed by atoms with Crippen molar-refractivity contribution in [1.82, 2.24) is 0 Å². The lowest BCUT2D eigenvalue weighted by molar-refractivity contribution is -0.367. The summed E-state index contributed by atoms with van der Waals surface area (Å²) in [5.41, 5.74) is 0. The molecule has 0 bridgehead atoms. The lowest BCUT2D eigenvalue weighted by Gasteiger charge is -2.46. The van der Waals surface area contributed by atoms with E-state index < -0.39 is 117 Å². The Morgan fingerprint density at radius 2 is 0.963 bits per heavy atom. The second-order valence-corrected chi connectivity index (χ2v) is 12.0. The average Bonchev–Trinajstić information content (AvgIpc) is 3.12. The van der Waals surface area contributed by atoms with E-state index in [1.54, 1.807) is 13.8 Å². The summed E-state index contributed by atoms with van der Waals surface area (Å²) >= 11 is 0. The van der Waals surface area contributed by atoms with Crippen LogP contribution in [-0.2, 0) is 71.3 Å². The SMILES string of the molecule is COC1COC(OC2C(C)OC(OC)C(O)C2OC)C(O)C1O.COC1OC(C)C(OC2OC(COO)C(OC)C(O)C2O)C(OC)C1O.O=C=O.[CH3+].[CH3+]. The quantitative estimate of drug-likeness (QED) is 0.0576. The summed E-state index contributed by atoms with van der Waals surface area (Å²) in [6, 6.07) is 0. The Kier molecular flexibility index (Phi) is 24.8. The Bertz CT molecular complexity index is 1020. The highest BCUT2D eigenvalue weighted by Gasteiger charge is 2.51. The number of rotatable bonds is 12. The van der Waals surface area contributed by atoms with Gasteiger partial charge in [-0.15, -0.1) is 0 Å². The van der Waals surface area contributed by atoms with Crippen LogP contribution in [0.5, 0.6) is 0 Å². The third-order valence-electron chi connectivity index (χ3n) is 8.98. The summed E-state index contributed by atoms with van der Waals surface area (Å²) in [5, 5.41) is 69.9. The predicted molar refractivity (Wildman–Crippen MR) is 176 cm³/mol. The second-order valence-electron chi connectivity index (χ2n) is 12.0. The standard InChI is InChI=1S/C15H28O11.C14H26O9.CO2.2CH3/c1-6-11(13(21-3)10(18)14(22-4)24-6)26-15-9(17)8(16)12(20-2)7(25-15)5-23-19;1-6-11(12(19-3)10(17)13(20-4)22-6)23-14-9(16)8(15)7(18-2)5-21-14;2-1-3;;/h6-19H,5H2,1-4H3;6-17H,5H2,1-4H3;;2*1H3/q;;;2*+1. The molecule has 7 N–H and O–H groups in total. The van der Waals surface area contributed by atoms with Gasteiger partial charge in [0, 0.05) is 57.5 Å². The fourth-order valence-corrected chi connectivity index (χ4v) is 6.21. The van der Waals surface area contributed by atoms with Gasteiger partial charge in [0.15, 0.2) is 25.2 Å². The Balaban J connectivity index is 0.000000942. The normalized spacial score (nSPS) is 43.4. The average molecular weight is 797 g/mol. The topological polar surface area (TPSA) is 296 Å². The molecule has 4 saturated heterocycles. The molecular weight excluding hydrogens is 736 g/mol. The molecule has 0 aromatic heterocycles. The van der Waals surface area contributed by atoms with E-state index in [1.807, 2.05) is 0 Å². The molecular formula is C32H60O22+2. The van der Waals surface area contributed by atoms with Crippen LogP contribution in [0.3, 0.4) is 0 Å². The molecule has 0 aliphatic carbocycles. The minimum atomic E-state index is -1.45. The van der Waals surface area contributed by atoms with Crippen LogP contribution in [0.1, 0.15) is 13.8 Å². The van der Waals surface area contributed by atoms with E-state index in [0.29, 0.717) is 0 Å². The molecule has 0 radical (unpaired) electrons. The summed E-state index contributed by atoms with van der Waals surface area (Å²) in [7, 11) is 8.39. The number of methoxy groups -OCH3 is 6. The van der Waals surface area contributed by atoms with Gasteiger partial charge in [-0.3, -0.25) is 5.26 Å². The van der Waals surface area contributed by atoms with E-state index in [-0.39, 0.29) is 34.2 Å². The number of aliphatic hydroxyl groups is 6. The van der Waals surface area contributed by atoms with Crippen molar-refractivity contribution in [3.8, 4) is 0 Å². The van der Waals surface area contributed by atoms with Crippen LogP contribution in [0, 0.1) is 14.9 Å². The van der Waals surface area contributed by atoms with Gasteiger partial charge in [-0.05, 0) is 13.8 Å². The number of hydrogen-bond donors (Lipinski definition) is 7. The predicted octanol–water partition coefficient (Wildman–Crippen LogP) is -3.36. The van der Waals surface area contributed by atoms with E-state index in [0.717, 1.165) is 0 Å². The Hall–Kier alpha value is -1.68. The maximum Gasteiger partial charge on any atom is 0.373 e. The minimum absolute atomic E-state index is 0. The zero-order valence-electron chi connectivity index (χ0n) is 32.1. The van der Waals surface area contributed by atoms with Crippen LogP contribution in [0.15, 0.2) is 0 Å². The van der Waals surface area contributed by atoms with E-state index in [1.165, 1.54) is 42.7 Å². The molecule has 4 fully saturated rings. The first-order chi connectivity index (χ1) is 24.7. The molecule has 54 heavy (non-hydrogen) atoms. The highest BCUT2D eigenvalue weighted by Crippen LogP contribution is 2.32. The molecule has 0 spiro atoms. The molecule has 4 rings (SSSR count). The van der Waals surface area contributed by atoms with Crippen molar-refractivity contribution in [1.29, 1.82) is 0 Å². The van der Waals surface area contributed by atoms with E-state index >= 15 is 0 Å². The number of aliphatic hydroxyl groups excluding tert-OH is 6. The van der Waals surface area contributed by atoms with Crippen LogP contribution < -0.4 is 0 Å². The molecule has 0 aromatic rings. The summed E-state index contributed by atoms with van der Waals surface area (Å²) in [6.07, 6.45) is -17.9. The Labute approximate surface area is 314 Å². The van der Waals surface area contributed by atoms with Crippen molar-refractivity contribution in [2.45, 2.75) is 131 Å². The maximum atomic E-state index is 10.3. The summed E-state index contributed by atoms with van der Waals surface area (Å²) in [6.45, 7) is 3.19. The summed E-state index contributed by atoms with van der Waals surface area (Å²) in [4.78, 5) is 20.3. The smallest absolute Gasteiger partial charge is 0.373 e. The van der Waals surface area contributed by atoms with Crippen LogP contribution in [-0.4, -0.2) is 215 Å². The first-order valence-electron chi connectivity index (χ1n) is 16.1.